The van der Waals surface area contributed by atoms with Crippen LogP contribution in [0.25, 0.3) is 61.4 Å². The highest BCUT2D eigenvalue weighted by Crippen LogP contribution is 2.45. The van der Waals surface area contributed by atoms with Gasteiger partial charge in [-0.05, 0) is 55.5 Å². The lowest BCUT2D eigenvalue weighted by Crippen LogP contribution is -2.30. The maximum atomic E-state index is 5.12. The Hall–Kier alpha value is -5.74. The zero-order valence-electron chi connectivity index (χ0n) is 28.7. The lowest BCUT2D eigenvalue weighted by molar-refractivity contribution is 0.346. The number of rotatable bonds is 7. The van der Waals surface area contributed by atoms with Crippen molar-refractivity contribution >= 4 is 27.4 Å². The Morgan fingerprint density at radius 3 is 1.70 bits per heavy atom. The van der Waals surface area contributed by atoms with Gasteiger partial charge in [-0.2, -0.15) is 0 Å². The first kappa shape index (κ1) is 31.5. The molecule has 0 unspecified atom stereocenters. The molecule has 2 heterocycles. The van der Waals surface area contributed by atoms with Crippen LogP contribution in [0, 0.1) is 0 Å². The van der Waals surface area contributed by atoms with Crippen molar-refractivity contribution in [3.63, 3.8) is 0 Å². The minimum atomic E-state index is -0.0457. The second-order valence-electron chi connectivity index (χ2n) is 13.4. The molecule has 0 N–H and O–H groups in total. The first-order valence-electron chi connectivity index (χ1n) is 17.7. The molecule has 1 aliphatic carbocycles. The normalized spacial score (nSPS) is 14.8. The number of nitrogens with zero attached hydrogens (tertiary/aromatic N) is 4. The molecular formula is C46H40N4. The van der Waals surface area contributed by atoms with Gasteiger partial charge in [0.1, 0.15) is 0 Å². The van der Waals surface area contributed by atoms with Gasteiger partial charge in [-0.25, -0.2) is 19.9 Å². The summed E-state index contributed by atoms with van der Waals surface area (Å²) in [6.07, 6.45) is 12.2. The van der Waals surface area contributed by atoms with Crippen molar-refractivity contribution in [2.75, 3.05) is 0 Å². The third kappa shape index (κ3) is 5.92. The largest absolute Gasteiger partial charge is 0.228 e. The Labute approximate surface area is 294 Å². The fraction of sp³-hybridized carbons (Fsp3) is 0.174. The highest BCUT2D eigenvalue weighted by atomic mass is 14.9. The zero-order chi connectivity index (χ0) is 33.9. The number of allylic oxidation sites excluding steroid dienone is 4. The summed E-state index contributed by atoms with van der Waals surface area (Å²) in [7, 11) is 0. The van der Waals surface area contributed by atoms with E-state index in [2.05, 4.69) is 128 Å². The molecule has 0 atom stereocenters. The Bertz CT molecular complexity index is 2350. The Balaban J connectivity index is 1.15. The smallest absolute Gasteiger partial charge is 0.160 e. The lowest BCUT2D eigenvalue weighted by Gasteiger charge is -2.39. The van der Waals surface area contributed by atoms with Crippen molar-refractivity contribution in [3.8, 4) is 34.0 Å². The van der Waals surface area contributed by atoms with E-state index in [9.17, 15) is 0 Å². The SMILES string of the molecule is C/C=C\C=C(/C)c1nc(-c2ccc(C3(c4ccc(-c5nc(-c6ccccc6)c6ccccc6n5)cc4)CCCCC3)cc2)nc2ccccc12. The number of hydrogen-bond acceptors (Lipinski definition) is 4. The molecule has 7 aromatic rings. The van der Waals surface area contributed by atoms with Crippen molar-refractivity contribution in [3.05, 3.63) is 162 Å². The van der Waals surface area contributed by atoms with Crippen molar-refractivity contribution < 1.29 is 0 Å². The molecule has 0 aliphatic heterocycles. The third-order valence-corrected chi connectivity index (χ3v) is 10.3. The summed E-state index contributed by atoms with van der Waals surface area (Å²) >= 11 is 0. The quantitative estimate of drug-likeness (QED) is 0.161. The van der Waals surface area contributed by atoms with E-state index >= 15 is 0 Å². The van der Waals surface area contributed by atoms with Gasteiger partial charge in [0, 0.05) is 32.9 Å². The van der Waals surface area contributed by atoms with Crippen LogP contribution in [0.1, 0.15) is 62.8 Å². The molecule has 5 aromatic carbocycles. The number of aromatic nitrogens is 4. The zero-order valence-corrected chi connectivity index (χ0v) is 28.7. The van der Waals surface area contributed by atoms with Crippen molar-refractivity contribution in [2.24, 2.45) is 0 Å². The Kier molecular flexibility index (Phi) is 8.60. The van der Waals surface area contributed by atoms with E-state index in [0.29, 0.717) is 0 Å². The highest BCUT2D eigenvalue weighted by Gasteiger charge is 2.35. The van der Waals surface area contributed by atoms with Crippen LogP contribution in [0.2, 0.25) is 0 Å². The van der Waals surface area contributed by atoms with Crippen LogP contribution in [0.4, 0.5) is 0 Å². The van der Waals surface area contributed by atoms with Gasteiger partial charge >= 0.3 is 0 Å². The molecule has 1 aliphatic rings. The van der Waals surface area contributed by atoms with E-state index in [1.54, 1.807) is 0 Å². The van der Waals surface area contributed by atoms with E-state index in [-0.39, 0.29) is 5.41 Å². The van der Waals surface area contributed by atoms with Crippen molar-refractivity contribution in [2.45, 2.75) is 51.4 Å². The van der Waals surface area contributed by atoms with Gasteiger partial charge in [-0.15, -0.1) is 0 Å². The van der Waals surface area contributed by atoms with E-state index < -0.39 is 0 Å². The molecule has 4 nitrogen and oxygen atoms in total. The van der Waals surface area contributed by atoms with E-state index in [0.717, 1.165) is 79.9 Å². The molecule has 0 bridgehead atoms. The van der Waals surface area contributed by atoms with Gasteiger partial charge in [0.05, 0.1) is 22.4 Å². The van der Waals surface area contributed by atoms with E-state index in [1.165, 1.54) is 30.4 Å². The first-order chi connectivity index (χ1) is 24.6. The maximum absolute atomic E-state index is 5.12. The number of fused-ring (bicyclic) bond motifs is 2. The molecule has 4 heteroatoms. The molecule has 0 radical (unpaired) electrons. The molecule has 2 aromatic heterocycles. The Morgan fingerprint density at radius 1 is 0.540 bits per heavy atom. The molecule has 1 saturated carbocycles. The highest BCUT2D eigenvalue weighted by molar-refractivity contribution is 5.94. The monoisotopic (exact) mass is 648 g/mol. The second-order valence-corrected chi connectivity index (χ2v) is 13.4. The minimum absolute atomic E-state index is 0.0457. The lowest BCUT2D eigenvalue weighted by atomic mass is 9.65. The molecule has 0 spiro atoms. The summed E-state index contributed by atoms with van der Waals surface area (Å²) in [5, 5.41) is 2.13. The van der Waals surface area contributed by atoms with Crippen LogP contribution in [-0.4, -0.2) is 19.9 Å². The molecule has 0 amide bonds. The van der Waals surface area contributed by atoms with Crippen LogP contribution in [-0.2, 0) is 5.41 Å². The fourth-order valence-corrected chi connectivity index (χ4v) is 7.62. The average molecular weight is 649 g/mol. The average Bonchev–Trinajstić information content (AvgIpc) is 3.19. The number of para-hydroxylation sites is 2. The maximum Gasteiger partial charge on any atom is 0.160 e. The molecule has 8 rings (SSSR count). The fourth-order valence-electron chi connectivity index (χ4n) is 7.62. The van der Waals surface area contributed by atoms with Crippen LogP contribution in [0.3, 0.4) is 0 Å². The summed E-state index contributed by atoms with van der Waals surface area (Å²) in [4.78, 5) is 20.2. The summed E-state index contributed by atoms with van der Waals surface area (Å²) in [6.45, 7) is 4.15. The summed E-state index contributed by atoms with van der Waals surface area (Å²) in [5.41, 5.74) is 10.8. The molecule has 50 heavy (non-hydrogen) atoms. The summed E-state index contributed by atoms with van der Waals surface area (Å²) in [6, 6.07) is 45.1. The van der Waals surface area contributed by atoms with Gasteiger partial charge in [0.15, 0.2) is 11.6 Å². The summed E-state index contributed by atoms with van der Waals surface area (Å²) < 4.78 is 0. The van der Waals surface area contributed by atoms with Crippen LogP contribution < -0.4 is 0 Å². The van der Waals surface area contributed by atoms with Crippen LogP contribution >= 0.6 is 0 Å². The first-order valence-corrected chi connectivity index (χ1v) is 17.7. The van der Waals surface area contributed by atoms with Crippen LogP contribution in [0.5, 0.6) is 0 Å². The predicted octanol–water partition coefficient (Wildman–Crippen LogP) is 11.8. The van der Waals surface area contributed by atoms with Crippen molar-refractivity contribution in [1.82, 2.24) is 19.9 Å². The van der Waals surface area contributed by atoms with Crippen LogP contribution in [0.15, 0.2) is 146 Å². The summed E-state index contributed by atoms with van der Waals surface area (Å²) in [5.74, 6) is 1.51. The predicted molar refractivity (Wildman–Crippen MR) is 208 cm³/mol. The van der Waals surface area contributed by atoms with Crippen molar-refractivity contribution in [1.29, 1.82) is 0 Å². The number of benzene rings is 5. The Morgan fingerprint density at radius 2 is 1.08 bits per heavy atom. The van der Waals surface area contributed by atoms with E-state index in [1.807, 2.05) is 31.2 Å². The molecule has 0 saturated heterocycles. The van der Waals surface area contributed by atoms with E-state index in [4.69, 9.17) is 19.9 Å². The third-order valence-electron chi connectivity index (χ3n) is 10.3. The minimum Gasteiger partial charge on any atom is -0.228 e. The molecule has 1 fully saturated rings. The van der Waals surface area contributed by atoms with Gasteiger partial charge in [0.2, 0.25) is 0 Å². The van der Waals surface area contributed by atoms with Gasteiger partial charge in [-0.3, -0.25) is 0 Å². The van der Waals surface area contributed by atoms with Gasteiger partial charge in [0.25, 0.3) is 0 Å². The standard InChI is InChI=1S/C46H40N4/c1-3-4-15-32(2)42-38-18-9-11-20-40(38)47-44(49-42)34-22-26-36(27-23-34)46(30-13-6-14-31-46)37-28-24-35(25-29-37)45-48-41-21-12-10-19-39(41)43(50-45)33-16-7-5-8-17-33/h3-5,7-12,15-29H,6,13-14,30-31H2,1-2H3/b4-3-,32-15+. The van der Waals surface area contributed by atoms with Gasteiger partial charge in [-0.1, -0.05) is 153 Å². The number of hydrogen-bond donors (Lipinski definition) is 0. The second kappa shape index (κ2) is 13.6. The topological polar surface area (TPSA) is 51.6 Å². The molecule has 244 valence electrons. The molecular weight excluding hydrogens is 609 g/mol. The van der Waals surface area contributed by atoms with Gasteiger partial charge < -0.3 is 0 Å².